The smallest absolute Gasteiger partial charge is 0.314 e. The second-order valence-corrected chi connectivity index (χ2v) is 4.65. The van der Waals surface area contributed by atoms with E-state index in [1.807, 2.05) is 0 Å². The standard InChI is InChI=1S/C17H18O5/c1-20-13-5-3-12(4-6-13)16(17(18)19)11-22-15-9-7-14(21-2)8-10-15/h3-10,16H,11H2,1-2H3,(H,18,19). The van der Waals surface area contributed by atoms with Gasteiger partial charge < -0.3 is 19.3 Å². The summed E-state index contributed by atoms with van der Waals surface area (Å²) in [5.74, 6) is 0.327. The van der Waals surface area contributed by atoms with E-state index in [0.717, 1.165) is 5.75 Å². The van der Waals surface area contributed by atoms with Crippen LogP contribution >= 0.6 is 0 Å². The summed E-state index contributed by atoms with van der Waals surface area (Å²) in [4.78, 5) is 11.4. The third-order valence-corrected chi connectivity index (χ3v) is 3.29. The van der Waals surface area contributed by atoms with E-state index >= 15 is 0 Å². The van der Waals surface area contributed by atoms with Gasteiger partial charge in [-0.15, -0.1) is 0 Å². The third-order valence-electron chi connectivity index (χ3n) is 3.29. The van der Waals surface area contributed by atoms with Crippen LogP contribution in [0, 0.1) is 0 Å². The molecule has 0 aliphatic rings. The summed E-state index contributed by atoms with van der Waals surface area (Å²) in [6.07, 6.45) is 0. The number of methoxy groups -OCH3 is 2. The number of carboxylic acids is 1. The van der Waals surface area contributed by atoms with Gasteiger partial charge in [0.15, 0.2) is 0 Å². The van der Waals surface area contributed by atoms with Crippen LogP contribution in [0.3, 0.4) is 0 Å². The molecule has 0 aliphatic heterocycles. The summed E-state index contributed by atoms with van der Waals surface area (Å²) in [5, 5.41) is 9.38. The van der Waals surface area contributed by atoms with Crippen LogP contribution < -0.4 is 14.2 Å². The lowest BCUT2D eigenvalue weighted by Gasteiger charge is -2.15. The molecule has 1 N–H and O–H groups in total. The van der Waals surface area contributed by atoms with Gasteiger partial charge in [-0.25, -0.2) is 0 Å². The summed E-state index contributed by atoms with van der Waals surface area (Å²) in [6, 6.07) is 13.9. The zero-order chi connectivity index (χ0) is 15.9. The van der Waals surface area contributed by atoms with Crippen molar-refractivity contribution >= 4 is 5.97 Å². The first-order valence-corrected chi connectivity index (χ1v) is 6.77. The fourth-order valence-corrected chi connectivity index (χ4v) is 2.00. The van der Waals surface area contributed by atoms with Gasteiger partial charge in [-0.3, -0.25) is 4.79 Å². The first kappa shape index (κ1) is 15.7. The van der Waals surface area contributed by atoms with Crippen molar-refractivity contribution in [2.75, 3.05) is 20.8 Å². The first-order chi connectivity index (χ1) is 10.6. The number of carboxylic acid groups (broad SMARTS) is 1. The normalized spacial score (nSPS) is 11.5. The van der Waals surface area contributed by atoms with Crippen molar-refractivity contribution < 1.29 is 24.1 Å². The molecule has 0 radical (unpaired) electrons. The second kappa shape index (κ2) is 7.36. The first-order valence-electron chi connectivity index (χ1n) is 6.77. The van der Waals surface area contributed by atoms with E-state index in [1.54, 1.807) is 62.8 Å². The quantitative estimate of drug-likeness (QED) is 0.852. The number of carbonyl (C=O) groups is 1. The second-order valence-electron chi connectivity index (χ2n) is 4.65. The molecular formula is C17H18O5. The van der Waals surface area contributed by atoms with E-state index < -0.39 is 11.9 Å². The van der Waals surface area contributed by atoms with Gasteiger partial charge in [-0.2, -0.15) is 0 Å². The summed E-state index contributed by atoms with van der Waals surface area (Å²) in [6.45, 7) is 0.0496. The molecule has 0 heterocycles. The molecule has 2 aromatic carbocycles. The predicted molar refractivity (Wildman–Crippen MR) is 81.9 cm³/mol. The van der Waals surface area contributed by atoms with E-state index in [1.165, 1.54) is 0 Å². The van der Waals surface area contributed by atoms with Crippen molar-refractivity contribution in [1.82, 2.24) is 0 Å². The Balaban J connectivity index is 2.06. The van der Waals surface area contributed by atoms with E-state index in [9.17, 15) is 9.90 Å². The van der Waals surface area contributed by atoms with Gasteiger partial charge >= 0.3 is 5.97 Å². The van der Waals surface area contributed by atoms with Gasteiger partial charge in [0.1, 0.15) is 29.8 Å². The zero-order valence-electron chi connectivity index (χ0n) is 12.5. The van der Waals surface area contributed by atoms with Crippen molar-refractivity contribution in [1.29, 1.82) is 0 Å². The SMILES string of the molecule is COc1ccc(OCC(C(=O)O)c2ccc(OC)cc2)cc1. The maximum absolute atomic E-state index is 11.4. The predicted octanol–water partition coefficient (Wildman–Crippen LogP) is 2.95. The molecule has 0 fully saturated rings. The highest BCUT2D eigenvalue weighted by molar-refractivity contribution is 5.76. The molecule has 2 rings (SSSR count). The minimum atomic E-state index is -0.932. The Morgan fingerprint density at radius 3 is 1.82 bits per heavy atom. The number of hydrogen-bond donors (Lipinski definition) is 1. The molecule has 0 amide bonds. The van der Waals surface area contributed by atoms with Crippen LogP contribution in [0.25, 0.3) is 0 Å². The Labute approximate surface area is 129 Å². The Morgan fingerprint density at radius 1 is 0.909 bits per heavy atom. The van der Waals surface area contributed by atoms with Crippen molar-refractivity contribution in [3.8, 4) is 17.2 Å². The van der Waals surface area contributed by atoms with E-state index in [-0.39, 0.29) is 6.61 Å². The highest BCUT2D eigenvalue weighted by Crippen LogP contribution is 2.23. The van der Waals surface area contributed by atoms with E-state index in [2.05, 4.69) is 0 Å². The minimum absolute atomic E-state index is 0.0496. The van der Waals surface area contributed by atoms with Gasteiger partial charge in [-0.1, -0.05) is 12.1 Å². The minimum Gasteiger partial charge on any atom is -0.497 e. The van der Waals surface area contributed by atoms with Gasteiger partial charge in [0.25, 0.3) is 0 Å². The van der Waals surface area contributed by atoms with Crippen molar-refractivity contribution in [2.24, 2.45) is 0 Å². The number of aliphatic carboxylic acids is 1. The summed E-state index contributed by atoms with van der Waals surface area (Å²) in [5.41, 5.74) is 0.668. The van der Waals surface area contributed by atoms with E-state index in [4.69, 9.17) is 14.2 Å². The Morgan fingerprint density at radius 2 is 1.36 bits per heavy atom. The van der Waals surface area contributed by atoms with Crippen molar-refractivity contribution in [3.63, 3.8) is 0 Å². The summed E-state index contributed by atoms with van der Waals surface area (Å²) < 4.78 is 15.7. The molecule has 2 aromatic rings. The Hall–Kier alpha value is -2.69. The molecule has 1 atom stereocenters. The number of rotatable bonds is 7. The average molecular weight is 302 g/mol. The highest BCUT2D eigenvalue weighted by Gasteiger charge is 2.20. The van der Waals surface area contributed by atoms with Crippen LogP contribution in [-0.2, 0) is 4.79 Å². The fourth-order valence-electron chi connectivity index (χ4n) is 2.00. The van der Waals surface area contributed by atoms with Crippen LogP contribution in [0.1, 0.15) is 11.5 Å². The van der Waals surface area contributed by atoms with Crippen molar-refractivity contribution in [3.05, 3.63) is 54.1 Å². The molecule has 0 saturated heterocycles. The number of hydrogen-bond acceptors (Lipinski definition) is 4. The molecule has 0 bridgehead atoms. The molecule has 5 heteroatoms. The molecular weight excluding hydrogens is 284 g/mol. The van der Waals surface area contributed by atoms with Crippen molar-refractivity contribution in [2.45, 2.75) is 5.92 Å². The molecule has 22 heavy (non-hydrogen) atoms. The highest BCUT2D eigenvalue weighted by atomic mass is 16.5. The molecule has 0 aliphatic carbocycles. The van der Waals surface area contributed by atoms with E-state index in [0.29, 0.717) is 17.1 Å². The van der Waals surface area contributed by atoms with Gasteiger partial charge in [0.2, 0.25) is 0 Å². The molecule has 0 spiro atoms. The maximum atomic E-state index is 11.4. The lowest BCUT2D eigenvalue weighted by atomic mass is 10.0. The maximum Gasteiger partial charge on any atom is 0.314 e. The topological polar surface area (TPSA) is 65.0 Å². The van der Waals surface area contributed by atoms with Gasteiger partial charge in [-0.05, 0) is 42.0 Å². The van der Waals surface area contributed by atoms with Crippen LogP contribution in [0.15, 0.2) is 48.5 Å². The largest absolute Gasteiger partial charge is 0.497 e. The molecule has 0 saturated carbocycles. The molecule has 116 valence electrons. The molecule has 1 unspecified atom stereocenters. The lowest BCUT2D eigenvalue weighted by molar-refractivity contribution is -0.139. The Bertz CT molecular complexity index is 604. The summed E-state index contributed by atoms with van der Waals surface area (Å²) >= 11 is 0. The van der Waals surface area contributed by atoms with Crippen LogP contribution in [0.5, 0.6) is 17.2 Å². The third kappa shape index (κ3) is 3.91. The van der Waals surface area contributed by atoms with Crippen LogP contribution in [0.2, 0.25) is 0 Å². The van der Waals surface area contributed by atoms with Gasteiger partial charge in [0.05, 0.1) is 14.2 Å². The monoisotopic (exact) mass is 302 g/mol. The van der Waals surface area contributed by atoms with Gasteiger partial charge in [0, 0.05) is 0 Å². The molecule has 5 nitrogen and oxygen atoms in total. The fraction of sp³-hybridized carbons (Fsp3) is 0.235. The number of benzene rings is 2. The molecule has 0 aromatic heterocycles. The zero-order valence-corrected chi connectivity index (χ0v) is 12.5. The van der Waals surface area contributed by atoms with Crippen LogP contribution in [0.4, 0.5) is 0 Å². The lowest BCUT2D eigenvalue weighted by Crippen LogP contribution is -2.19. The van der Waals surface area contributed by atoms with Crippen LogP contribution in [-0.4, -0.2) is 31.9 Å². The Kier molecular flexibility index (Phi) is 5.25. The summed E-state index contributed by atoms with van der Waals surface area (Å²) in [7, 11) is 3.15. The number of ether oxygens (including phenoxy) is 3. The average Bonchev–Trinajstić information content (AvgIpc) is 2.56.